The maximum absolute atomic E-state index is 12.8. The van der Waals surface area contributed by atoms with Crippen molar-refractivity contribution in [3.05, 3.63) is 126 Å². The lowest BCUT2D eigenvalue weighted by Crippen LogP contribution is -2.37. The fourth-order valence-corrected chi connectivity index (χ4v) is 4.05. The van der Waals surface area contributed by atoms with Crippen LogP contribution >= 0.6 is 0 Å². The van der Waals surface area contributed by atoms with Gasteiger partial charge in [0.1, 0.15) is 11.2 Å². The van der Waals surface area contributed by atoms with Crippen molar-refractivity contribution in [3.8, 4) is 0 Å². The Hall–Kier alpha value is -4.19. The van der Waals surface area contributed by atoms with Crippen LogP contribution in [0, 0.1) is 0 Å². The molecule has 1 heterocycles. The molecule has 3 aromatic carbocycles. The molecule has 0 bridgehead atoms. The van der Waals surface area contributed by atoms with E-state index in [1.54, 1.807) is 12.5 Å². The normalized spacial score (nSPS) is 12.2. The third kappa shape index (κ3) is 3.78. The van der Waals surface area contributed by atoms with E-state index in [1.165, 1.54) is 6.92 Å². The van der Waals surface area contributed by atoms with Gasteiger partial charge < -0.3 is 15.0 Å². The molecule has 32 heavy (non-hydrogen) atoms. The molecule has 6 nitrogen and oxygen atoms in total. The first-order valence-corrected chi connectivity index (χ1v) is 10.2. The van der Waals surface area contributed by atoms with Gasteiger partial charge >= 0.3 is 6.09 Å². The number of rotatable bonds is 7. The van der Waals surface area contributed by atoms with Crippen LogP contribution in [-0.2, 0) is 10.3 Å². The van der Waals surface area contributed by atoms with E-state index in [4.69, 9.17) is 10.5 Å². The molecule has 4 aromatic rings. The number of benzene rings is 3. The zero-order valence-corrected chi connectivity index (χ0v) is 17.6. The number of Topliss-reactive ketones (excluding diaryl/α,β-unsaturated/α-hetero) is 1. The number of nitrogens with zero attached hydrogens (tertiary/aromatic N) is 2. The minimum absolute atomic E-state index is 0.186. The van der Waals surface area contributed by atoms with Crippen molar-refractivity contribution in [1.29, 1.82) is 0 Å². The Bertz CT molecular complexity index is 1110. The molecule has 4 rings (SSSR count). The molecule has 1 amide bonds. The number of aromatic nitrogens is 2. The van der Waals surface area contributed by atoms with E-state index in [2.05, 4.69) is 41.4 Å². The van der Waals surface area contributed by atoms with E-state index >= 15 is 0 Å². The van der Waals surface area contributed by atoms with E-state index in [0.717, 1.165) is 16.7 Å². The number of carbonyl (C=O) groups excluding carboxylic acids is 2. The first-order valence-electron chi connectivity index (χ1n) is 10.2. The minimum atomic E-state index is -1.03. The van der Waals surface area contributed by atoms with Crippen LogP contribution in [0.25, 0.3) is 0 Å². The molecule has 160 valence electrons. The van der Waals surface area contributed by atoms with Crippen LogP contribution in [-0.4, -0.2) is 27.5 Å². The predicted molar refractivity (Wildman–Crippen MR) is 121 cm³/mol. The maximum atomic E-state index is 12.8. The molecule has 2 N–H and O–H groups in total. The lowest BCUT2D eigenvalue weighted by Gasteiger charge is -2.37. The average Bonchev–Trinajstić information content (AvgIpc) is 3.31. The molecular weight excluding hydrogens is 402 g/mol. The molecule has 1 atom stereocenters. The standard InChI is InChI=1S/C26H23N3O3/c1-19(32-25(27)31)24(30)23-17-29(18-28-23)26(20-11-5-2-6-12-20,21-13-7-3-8-14-21)22-15-9-4-10-16-22/h2-19H,1H3,(H2,27,31)/t19-/m0/s1. The Labute approximate surface area is 186 Å². The molecule has 0 unspecified atom stereocenters. The van der Waals surface area contributed by atoms with Crippen LogP contribution in [0.3, 0.4) is 0 Å². The van der Waals surface area contributed by atoms with E-state index in [1.807, 2.05) is 59.2 Å². The number of ether oxygens (including phenoxy) is 1. The average molecular weight is 425 g/mol. The fourth-order valence-electron chi connectivity index (χ4n) is 4.05. The number of imidazole rings is 1. The summed E-state index contributed by atoms with van der Waals surface area (Å²) in [6.07, 6.45) is 1.29. The highest BCUT2D eigenvalue weighted by molar-refractivity contribution is 5.98. The molecule has 0 fully saturated rings. The van der Waals surface area contributed by atoms with Crippen molar-refractivity contribution in [2.45, 2.75) is 18.6 Å². The highest BCUT2D eigenvalue weighted by Gasteiger charge is 2.38. The smallest absolute Gasteiger partial charge is 0.405 e. The van der Waals surface area contributed by atoms with Crippen LogP contribution in [0.4, 0.5) is 4.79 Å². The molecule has 0 aliphatic rings. The zero-order chi connectivity index (χ0) is 22.6. The summed E-state index contributed by atoms with van der Waals surface area (Å²) < 4.78 is 6.78. The van der Waals surface area contributed by atoms with Gasteiger partial charge in [-0.05, 0) is 23.6 Å². The van der Waals surface area contributed by atoms with Crippen molar-refractivity contribution in [2.75, 3.05) is 0 Å². The Morgan fingerprint density at radius 2 is 1.28 bits per heavy atom. The summed E-state index contributed by atoms with van der Waals surface area (Å²) >= 11 is 0. The lowest BCUT2D eigenvalue weighted by atomic mass is 9.77. The number of amides is 1. The molecule has 0 aliphatic carbocycles. The number of hydrogen-bond acceptors (Lipinski definition) is 4. The van der Waals surface area contributed by atoms with Gasteiger partial charge in [-0.2, -0.15) is 0 Å². The summed E-state index contributed by atoms with van der Waals surface area (Å²) in [5, 5.41) is 0. The summed E-state index contributed by atoms with van der Waals surface area (Å²) in [6.45, 7) is 1.48. The Morgan fingerprint density at radius 1 is 0.844 bits per heavy atom. The Kier molecular flexibility index (Phi) is 5.85. The van der Waals surface area contributed by atoms with Crippen LogP contribution in [0.1, 0.15) is 34.1 Å². The molecule has 0 aliphatic heterocycles. The molecule has 1 aromatic heterocycles. The van der Waals surface area contributed by atoms with Gasteiger partial charge in [0, 0.05) is 6.20 Å². The van der Waals surface area contributed by atoms with Gasteiger partial charge in [-0.15, -0.1) is 0 Å². The van der Waals surface area contributed by atoms with E-state index in [9.17, 15) is 9.59 Å². The van der Waals surface area contributed by atoms with Gasteiger partial charge in [0.25, 0.3) is 0 Å². The van der Waals surface area contributed by atoms with Crippen molar-refractivity contribution in [3.63, 3.8) is 0 Å². The van der Waals surface area contributed by atoms with E-state index in [-0.39, 0.29) is 5.69 Å². The molecular formula is C26H23N3O3. The summed E-state index contributed by atoms with van der Waals surface area (Å²) in [5.41, 5.74) is 7.51. The SMILES string of the molecule is C[C@H](OC(N)=O)C(=O)c1cn(C(c2ccccc2)(c2ccccc2)c2ccccc2)cn1. The van der Waals surface area contributed by atoms with Crippen LogP contribution in [0.5, 0.6) is 0 Å². The number of carbonyl (C=O) groups is 2. The molecule has 0 spiro atoms. The van der Waals surface area contributed by atoms with Crippen molar-refractivity contribution in [1.82, 2.24) is 9.55 Å². The third-order valence-corrected chi connectivity index (χ3v) is 5.46. The zero-order valence-electron chi connectivity index (χ0n) is 17.6. The van der Waals surface area contributed by atoms with Gasteiger partial charge in [0.05, 0.1) is 6.33 Å². The number of hydrogen-bond donors (Lipinski definition) is 1. The van der Waals surface area contributed by atoms with Crippen LogP contribution < -0.4 is 5.73 Å². The number of nitrogens with two attached hydrogens (primary N) is 1. The minimum Gasteiger partial charge on any atom is -0.438 e. The summed E-state index contributed by atoms with van der Waals surface area (Å²) in [7, 11) is 0. The fraction of sp³-hybridized carbons (Fsp3) is 0.115. The second-order valence-corrected chi connectivity index (χ2v) is 7.42. The first kappa shape index (κ1) is 21.1. The van der Waals surface area contributed by atoms with Crippen LogP contribution in [0.2, 0.25) is 0 Å². The van der Waals surface area contributed by atoms with Gasteiger partial charge in [-0.1, -0.05) is 91.0 Å². The second-order valence-electron chi connectivity index (χ2n) is 7.42. The van der Waals surface area contributed by atoms with E-state index in [0.29, 0.717) is 0 Å². The van der Waals surface area contributed by atoms with Crippen molar-refractivity contribution >= 4 is 11.9 Å². The van der Waals surface area contributed by atoms with Gasteiger partial charge in [0.15, 0.2) is 6.10 Å². The monoisotopic (exact) mass is 425 g/mol. The van der Waals surface area contributed by atoms with E-state index < -0.39 is 23.5 Å². The largest absolute Gasteiger partial charge is 0.438 e. The van der Waals surface area contributed by atoms with Gasteiger partial charge in [-0.25, -0.2) is 9.78 Å². The first-order chi connectivity index (χ1) is 15.5. The highest BCUT2D eigenvalue weighted by Crippen LogP contribution is 2.40. The van der Waals surface area contributed by atoms with Gasteiger partial charge in [0.2, 0.25) is 5.78 Å². The number of ketones is 1. The quantitative estimate of drug-likeness (QED) is 0.351. The lowest BCUT2D eigenvalue weighted by molar-refractivity contribution is 0.0691. The predicted octanol–water partition coefficient (Wildman–Crippen LogP) is 4.39. The molecule has 0 saturated carbocycles. The van der Waals surface area contributed by atoms with Crippen LogP contribution in [0.15, 0.2) is 104 Å². The van der Waals surface area contributed by atoms with Gasteiger partial charge in [-0.3, -0.25) is 4.79 Å². The third-order valence-electron chi connectivity index (χ3n) is 5.46. The Morgan fingerprint density at radius 3 is 1.69 bits per heavy atom. The molecule has 0 saturated heterocycles. The second kappa shape index (κ2) is 8.89. The summed E-state index contributed by atoms with van der Waals surface area (Å²) in [4.78, 5) is 28.3. The van der Waals surface area contributed by atoms with Crippen molar-refractivity contribution in [2.24, 2.45) is 5.73 Å². The molecule has 0 radical (unpaired) electrons. The van der Waals surface area contributed by atoms with Crippen molar-refractivity contribution < 1.29 is 14.3 Å². The summed E-state index contributed by atoms with van der Waals surface area (Å²) in [5.74, 6) is -0.425. The maximum Gasteiger partial charge on any atom is 0.405 e. The topological polar surface area (TPSA) is 87.2 Å². The molecule has 6 heteroatoms. The Balaban J connectivity index is 1.95. The number of primary amides is 1. The highest BCUT2D eigenvalue weighted by atomic mass is 16.6. The summed E-state index contributed by atoms with van der Waals surface area (Å²) in [6, 6.07) is 30.2.